The van der Waals surface area contributed by atoms with Crippen molar-refractivity contribution in [3.63, 3.8) is 0 Å². The molecule has 0 aliphatic carbocycles. The maximum atomic E-state index is 4.35. The molecule has 1 unspecified atom stereocenters. The highest BCUT2D eigenvalue weighted by Gasteiger charge is 2.12. The molecule has 4 rings (SSSR count). The van der Waals surface area contributed by atoms with Crippen LogP contribution in [0.15, 0.2) is 104 Å². The molecule has 0 radical (unpaired) electrons. The van der Waals surface area contributed by atoms with Crippen LogP contribution in [0.4, 0.5) is 0 Å². The molecule has 0 spiro atoms. The molecular weight excluding hydrogens is 352 g/mol. The summed E-state index contributed by atoms with van der Waals surface area (Å²) in [7, 11) is 0. The third-order valence-electron chi connectivity index (χ3n) is 5.28. The van der Waals surface area contributed by atoms with Crippen LogP contribution in [0.2, 0.25) is 0 Å². The fourth-order valence-electron chi connectivity index (χ4n) is 3.66. The van der Waals surface area contributed by atoms with Crippen LogP contribution in [-0.2, 0) is 6.54 Å². The largest absolute Gasteiger partial charge is 0.327 e. The molecule has 0 N–H and O–H groups in total. The number of aryl methyl sites for hydroxylation is 1. The summed E-state index contributed by atoms with van der Waals surface area (Å²) in [6.45, 7) is 2.97. The van der Waals surface area contributed by atoms with Crippen molar-refractivity contribution in [2.24, 2.45) is 0 Å². The molecule has 2 heteroatoms. The maximum absolute atomic E-state index is 4.35. The fourth-order valence-corrected chi connectivity index (χ4v) is 3.66. The molecule has 1 heterocycles. The molecule has 0 fully saturated rings. The lowest BCUT2D eigenvalue weighted by Crippen LogP contribution is -2.01. The second-order valence-electron chi connectivity index (χ2n) is 7.44. The van der Waals surface area contributed by atoms with Gasteiger partial charge >= 0.3 is 0 Å². The SMILES string of the molecule is Cc1ccc(C(C/C=C/c2cncn2Cc2ccccc2)c2ccccc2)cc1. The predicted molar refractivity (Wildman–Crippen MR) is 121 cm³/mol. The van der Waals surface area contributed by atoms with Crippen LogP contribution in [0, 0.1) is 6.92 Å². The molecule has 1 aromatic heterocycles. The summed E-state index contributed by atoms with van der Waals surface area (Å²) in [5.41, 5.74) is 6.40. The van der Waals surface area contributed by atoms with Gasteiger partial charge < -0.3 is 4.57 Å². The molecule has 144 valence electrons. The summed E-state index contributed by atoms with van der Waals surface area (Å²) in [5.74, 6) is 0.346. The van der Waals surface area contributed by atoms with Crippen LogP contribution < -0.4 is 0 Å². The summed E-state index contributed by atoms with van der Waals surface area (Å²) in [5, 5.41) is 0. The minimum Gasteiger partial charge on any atom is -0.327 e. The van der Waals surface area contributed by atoms with E-state index in [1.54, 1.807) is 0 Å². The minimum atomic E-state index is 0.346. The Kier molecular flexibility index (Phi) is 6.01. The molecule has 29 heavy (non-hydrogen) atoms. The number of benzene rings is 3. The van der Waals surface area contributed by atoms with Gasteiger partial charge in [0.1, 0.15) is 0 Å². The highest BCUT2D eigenvalue weighted by atomic mass is 15.0. The molecule has 2 nitrogen and oxygen atoms in total. The van der Waals surface area contributed by atoms with Crippen LogP contribution in [0.25, 0.3) is 6.08 Å². The number of hydrogen-bond acceptors (Lipinski definition) is 1. The average molecular weight is 379 g/mol. The van der Waals surface area contributed by atoms with Gasteiger partial charge in [-0.25, -0.2) is 4.98 Å². The molecule has 0 amide bonds. The number of allylic oxidation sites excluding steroid dienone is 1. The van der Waals surface area contributed by atoms with Crippen molar-refractivity contribution >= 4 is 6.08 Å². The van der Waals surface area contributed by atoms with E-state index in [9.17, 15) is 0 Å². The second-order valence-corrected chi connectivity index (χ2v) is 7.44. The Morgan fingerprint density at radius 3 is 2.21 bits per heavy atom. The van der Waals surface area contributed by atoms with Gasteiger partial charge in [0.15, 0.2) is 0 Å². The van der Waals surface area contributed by atoms with Crippen molar-refractivity contribution in [1.29, 1.82) is 0 Å². The van der Waals surface area contributed by atoms with Crippen molar-refractivity contribution in [3.05, 3.63) is 131 Å². The summed E-state index contributed by atoms with van der Waals surface area (Å²) in [6, 6.07) is 30.2. The van der Waals surface area contributed by atoms with E-state index in [1.165, 1.54) is 22.3 Å². The maximum Gasteiger partial charge on any atom is 0.0953 e. The molecular formula is C27H26N2. The third kappa shape index (κ3) is 4.91. The molecule has 1 atom stereocenters. The Morgan fingerprint density at radius 2 is 1.48 bits per heavy atom. The van der Waals surface area contributed by atoms with Crippen LogP contribution in [0.3, 0.4) is 0 Å². The Hall–Kier alpha value is -3.39. The summed E-state index contributed by atoms with van der Waals surface area (Å²) in [4.78, 5) is 4.35. The highest BCUT2D eigenvalue weighted by molar-refractivity contribution is 5.45. The highest BCUT2D eigenvalue weighted by Crippen LogP contribution is 2.29. The van der Waals surface area contributed by atoms with E-state index in [0.29, 0.717) is 5.92 Å². The van der Waals surface area contributed by atoms with Gasteiger partial charge in [0, 0.05) is 12.5 Å². The summed E-state index contributed by atoms with van der Waals surface area (Å²) < 4.78 is 2.19. The van der Waals surface area contributed by atoms with Crippen molar-refractivity contribution in [2.45, 2.75) is 25.8 Å². The van der Waals surface area contributed by atoms with Gasteiger partial charge in [0.25, 0.3) is 0 Å². The van der Waals surface area contributed by atoms with Gasteiger partial charge in [0.05, 0.1) is 18.2 Å². The topological polar surface area (TPSA) is 17.8 Å². The summed E-state index contributed by atoms with van der Waals surface area (Å²) in [6.07, 6.45) is 9.25. The van der Waals surface area contributed by atoms with Crippen LogP contribution in [0.1, 0.15) is 40.3 Å². The first-order valence-electron chi connectivity index (χ1n) is 10.1. The fraction of sp³-hybridized carbons (Fsp3) is 0.148. The first-order chi connectivity index (χ1) is 14.3. The van der Waals surface area contributed by atoms with Crippen LogP contribution in [-0.4, -0.2) is 9.55 Å². The zero-order valence-electron chi connectivity index (χ0n) is 16.8. The number of imidazole rings is 1. The van der Waals surface area contributed by atoms with E-state index in [2.05, 4.69) is 107 Å². The molecule has 0 bridgehead atoms. The Morgan fingerprint density at radius 1 is 0.828 bits per heavy atom. The van der Waals surface area contributed by atoms with E-state index in [1.807, 2.05) is 18.6 Å². The zero-order chi connectivity index (χ0) is 19.9. The van der Waals surface area contributed by atoms with Gasteiger partial charge in [-0.2, -0.15) is 0 Å². The lowest BCUT2D eigenvalue weighted by molar-refractivity contribution is 0.787. The van der Waals surface area contributed by atoms with E-state index in [-0.39, 0.29) is 0 Å². The first kappa shape index (κ1) is 18.9. The van der Waals surface area contributed by atoms with Gasteiger partial charge in [-0.15, -0.1) is 0 Å². The summed E-state index contributed by atoms with van der Waals surface area (Å²) >= 11 is 0. The van der Waals surface area contributed by atoms with Gasteiger partial charge in [-0.05, 0) is 36.1 Å². The molecule has 0 aliphatic rings. The molecule has 0 saturated heterocycles. The van der Waals surface area contributed by atoms with Crippen molar-refractivity contribution in [3.8, 4) is 0 Å². The minimum absolute atomic E-state index is 0.346. The number of hydrogen-bond donors (Lipinski definition) is 0. The van der Waals surface area contributed by atoms with Crippen molar-refractivity contribution in [1.82, 2.24) is 9.55 Å². The van der Waals surface area contributed by atoms with Gasteiger partial charge in [0.2, 0.25) is 0 Å². The van der Waals surface area contributed by atoms with Crippen LogP contribution >= 0.6 is 0 Å². The Balaban J connectivity index is 1.53. The number of rotatable bonds is 7. The third-order valence-corrected chi connectivity index (χ3v) is 5.28. The van der Waals surface area contributed by atoms with E-state index in [0.717, 1.165) is 18.7 Å². The molecule has 4 aromatic rings. The van der Waals surface area contributed by atoms with Crippen molar-refractivity contribution in [2.75, 3.05) is 0 Å². The monoisotopic (exact) mass is 378 g/mol. The Labute approximate surface area is 173 Å². The normalized spacial score (nSPS) is 12.3. The lowest BCUT2D eigenvalue weighted by Gasteiger charge is -2.16. The first-order valence-corrected chi connectivity index (χ1v) is 10.1. The van der Waals surface area contributed by atoms with Crippen LogP contribution in [0.5, 0.6) is 0 Å². The quantitative estimate of drug-likeness (QED) is 0.360. The average Bonchev–Trinajstić information content (AvgIpc) is 3.20. The number of nitrogens with zero attached hydrogens (tertiary/aromatic N) is 2. The molecule has 3 aromatic carbocycles. The Bertz CT molecular complexity index is 1040. The van der Waals surface area contributed by atoms with E-state index in [4.69, 9.17) is 0 Å². The predicted octanol–water partition coefficient (Wildman–Crippen LogP) is 6.48. The number of aromatic nitrogens is 2. The smallest absolute Gasteiger partial charge is 0.0953 e. The van der Waals surface area contributed by atoms with Gasteiger partial charge in [-0.3, -0.25) is 0 Å². The lowest BCUT2D eigenvalue weighted by atomic mass is 9.88. The standard InChI is InChI=1S/C27H26N2/c1-22-15-17-25(18-16-22)27(24-11-6-3-7-12-24)14-8-13-26-19-28-21-29(26)20-23-9-4-2-5-10-23/h2-13,15-19,21,27H,14,20H2,1H3/b13-8+. The molecule has 0 aliphatic heterocycles. The zero-order valence-corrected chi connectivity index (χ0v) is 16.8. The second kappa shape index (κ2) is 9.20. The van der Waals surface area contributed by atoms with E-state index < -0.39 is 0 Å². The van der Waals surface area contributed by atoms with E-state index >= 15 is 0 Å². The van der Waals surface area contributed by atoms with Crippen molar-refractivity contribution < 1.29 is 0 Å². The molecule has 0 saturated carbocycles. The van der Waals surface area contributed by atoms with Gasteiger partial charge in [-0.1, -0.05) is 96.6 Å².